The minimum atomic E-state index is -0.841. The molecule has 0 aromatic rings. The van der Waals surface area contributed by atoms with E-state index in [0.29, 0.717) is 19.4 Å². The molecule has 6 nitrogen and oxygen atoms in total. The van der Waals surface area contributed by atoms with E-state index in [-0.39, 0.29) is 18.5 Å². The van der Waals surface area contributed by atoms with Gasteiger partial charge in [0.15, 0.2) is 0 Å². The third-order valence-corrected chi connectivity index (χ3v) is 13.2. The van der Waals surface area contributed by atoms with Crippen molar-refractivity contribution in [1.29, 1.82) is 0 Å². The van der Waals surface area contributed by atoms with Crippen molar-refractivity contribution in [3.63, 3.8) is 0 Å². The Kier molecular flexibility index (Phi) is 52.6. The van der Waals surface area contributed by atoms with Crippen molar-refractivity contribution in [2.45, 2.75) is 321 Å². The van der Waals surface area contributed by atoms with Crippen molar-refractivity contribution < 1.29 is 24.5 Å². The summed E-state index contributed by atoms with van der Waals surface area (Å²) in [6.45, 7) is 4.87. The topological polar surface area (TPSA) is 95.9 Å². The van der Waals surface area contributed by atoms with Gasteiger partial charge in [0.05, 0.1) is 25.4 Å². The zero-order valence-electron chi connectivity index (χ0n) is 43.0. The molecule has 0 aliphatic heterocycles. The summed E-state index contributed by atoms with van der Waals surface area (Å²) < 4.78 is 5.48. The summed E-state index contributed by atoms with van der Waals surface area (Å²) in [5.41, 5.74) is 0. The Morgan fingerprint density at radius 2 is 0.734 bits per heavy atom. The number of ether oxygens (including phenoxy) is 1. The lowest BCUT2D eigenvalue weighted by atomic mass is 10.0. The highest BCUT2D eigenvalue weighted by Gasteiger charge is 2.18. The Morgan fingerprint density at radius 3 is 1.11 bits per heavy atom. The molecule has 2 unspecified atom stereocenters. The molecule has 3 N–H and O–H groups in total. The third-order valence-electron chi connectivity index (χ3n) is 13.2. The summed E-state index contributed by atoms with van der Waals surface area (Å²) in [6.07, 6.45) is 65.0. The number of carbonyl (C=O) groups is 2. The number of nitrogens with one attached hydrogen (secondary N) is 1. The van der Waals surface area contributed by atoms with Crippen LogP contribution in [-0.2, 0) is 14.3 Å². The van der Waals surface area contributed by atoms with Gasteiger partial charge in [-0.2, -0.15) is 0 Å². The monoisotopic (exact) mass is 902 g/mol. The highest BCUT2D eigenvalue weighted by Crippen LogP contribution is 2.17. The Hall–Kier alpha value is -1.66. The van der Waals surface area contributed by atoms with Crippen molar-refractivity contribution in [3.05, 3.63) is 24.3 Å². The van der Waals surface area contributed by atoms with E-state index in [4.69, 9.17) is 4.74 Å². The number of amides is 1. The average molecular weight is 903 g/mol. The van der Waals surface area contributed by atoms with Crippen molar-refractivity contribution in [2.24, 2.45) is 0 Å². The van der Waals surface area contributed by atoms with Crippen molar-refractivity contribution in [1.82, 2.24) is 5.32 Å². The van der Waals surface area contributed by atoms with Crippen LogP contribution in [0.3, 0.4) is 0 Å². The van der Waals surface area contributed by atoms with E-state index in [1.54, 1.807) is 6.08 Å². The second kappa shape index (κ2) is 54.0. The van der Waals surface area contributed by atoms with Gasteiger partial charge in [-0.25, -0.2) is 0 Å². The van der Waals surface area contributed by atoms with Crippen molar-refractivity contribution in [3.8, 4) is 0 Å². The molecule has 0 spiro atoms. The van der Waals surface area contributed by atoms with Gasteiger partial charge < -0.3 is 20.3 Å². The number of rotatable bonds is 53. The molecule has 0 saturated carbocycles. The molecular weight excluding hydrogens is 791 g/mol. The standard InChI is InChI=1S/C58H111NO5/c1-3-5-7-9-11-13-14-15-25-29-32-36-40-44-48-52-58(63)64-53-49-45-41-37-33-30-27-24-22-20-18-16-17-19-21-23-26-28-31-35-39-43-47-51-57(62)59-55(54-60)56(61)50-46-42-38-34-12-10-8-6-4-2/h15,25,46,50,55-56,60-61H,3-14,16-24,26-45,47-49,51-54H2,1-2H3,(H,59,62)/b25-15-,50-46+. The Bertz CT molecular complexity index is 997. The van der Waals surface area contributed by atoms with Crippen molar-refractivity contribution >= 4 is 11.9 Å². The first-order valence-electron chi connectivity index (χ1n) is 28.6. The zero-order chi connectivity index (χ0) is 46.5. The lowest BCUT2D eigenvalue weighted by Crippen LogP contribution is -2.45. The first-order chi connectivity index (χ1) is 31.5. The number of aliphatic hydroxyl groups is 2. The molecule has 0 aromatic heterocycles. The van der Waals surface area contributed by atoms with Crippen LogP contribution in [0.1, 0.15) is 309 Å². The predicted molar refractivity (Wildman–Crippen MR) is 278 cm³/mol. The van der Waals surface area contributed by atoms with Gasteiger partial charge in [-0.1, -0.05) is 263 Å². The number of carbonyl (C=O) groups excluding carboxylic acids is 2. The molecule has 1 amide bonds. The van der Waals surface area contributed by atoms with Crippen LogP contribution in [0.25, 0.3) is 0 Å². The largest absolute Gasteiger partial charge is 0.466 e. The van der Waals surface area contributed by atoms with Gasteiger partial charge in [0, 0.05) is 12.8 Å². The second-order valence-corrected chi connectivity index (χ2v) is 19.6. The molecule has 0 aromatic carbocycles. The molecule has 0 bridgehead atoms. The first-order valence-corrected chi connectivity index (χ1v) is 28.6. The van der Waals surface area contributed by atoms with Crippen LogP contribution >= 0.6 is 0 Å². The Labute approximate surface area is 399 Å². The third kappa shape index (κ3) is 49.8. The van der Waals surface area contributed by atoms with Gasteiger partial charge in [-0.15, -0.1) is 0 Å². The SMILES string of the molecule is CCCCCCCC/C=C\CCCCCCCC(=O)OCCCCCCCCCCCCCCCCCCCCCCCCCC(=O)NC(CO)C(O)/C=C/CCCCCCCCC. The number of unbranched alkanes of at least 4 members (excludes halogenated alkanes) is 40. The summed E-state index contributed by atoms with van der Waals surface area (Å²) >= 11 is 0. The molecule has 0 saturated heterocycles. The van der Waals surface area contributed by atoms with E-state index < -0.39 is 12.1 Å². The second-order valence-electron chi connectivity index (χ2n) is 19.6. The summed E-state index contributed by atoms with van der Waals surface area (Å²) in [5, 5.41) is 22.9. The predicted octanol–water partition coefficient (Wildman–Crippen LogP) is 17.5. The molecule has 0 aliphatic rings. The van der Waals surface area contributed by atoms with Gasteiger partial charge in [-0.3, -0.25) is 9.59 Å². The maximum absolute atomic E-state index is 12.4. The lowest BCUT2D eigenvalue weighted by Gasteiger charge is -2.20. The molecule has 378 valence electrons. The normalized spacial score (nSPS) is 12.8. The number of esters is 1. The smallest absolute Gasteiger partial charge is 0.305 e. The minimum absolute atomic E-state index is 0.00576. The van der Waals surface area contributed by atoms with Gasteiger partial charge in [0.2, 0.25) is 5.91 Å². The van der Waals surface area contributed by atoms with E-state index in [0.717, 1.165) is 44.9 Å². The quantitative estimate of drug-likeness (QED) is 0.0321. The molecular formula is C58H111NO5. The fraction of sp³-hybridized carbons (Fsp3) is 0.897. The van der Waals surface area contributed by atoms with Gasteiger partial charge in [-0.05, 0) is 57.8 Å². The van der Waals surface area contributed by atoms with E-state index in [9.17, 15) is 19.8 Å². The van der Waals surface area contributed by atoms with Crippen LogP contribution < -0.4 is 5.32 Å². The summed E-state index contributed by atoms with van der Waals surface area (Å²) in [7, 11) is 0. The van der Waals surface area contributed by atoms with E-state index >= 15 is 0 Å². The summed E-state index contributed by atoms with van der Waals surface area (Å²) in [5.74, 6) is -0.0641. The van der Waals surface area contributed by atoms with Crippen molar-refractivity contribution in [2.75, 3.05) is 13.2 Å². The number of hydrogen-bond acceptors (Lipinski definition) is 5. The maximum atomic E-state index is 12.4. The number of allylic oxidation sites excluding steroid dienone is 3. The van der Waals surface area contributed by atoms with Crippen LogP contribution in [0.2, 0.25) is 0 Å². The number of hydrogen-bond donors (Lipinski definition) is 3. The Morgan fingerprint density at radius 1 is 0.422 bits per heavy atom. The Balaban J connectivity index is 3.35. The molecule has 2 atom stereocenters. The fourth-order valence-corrected chi connectivity index (χ4v) is 8.81. The lowest BCUT2D eigenvalue weighted by molar-refractivity contribution is -0.143. The van der Waals surface area contributed by atoms with Crippen LogP contribution in [0, 0.1) is 0 Å². The van der Waals surface area contributed by atoms with Gasteiger partial charge in [0.1, 0.15) is 0 Å². The van der Waals surface area contributed by atoms with Crippen LogP contribution in [-0.4, -0.2) is 47.4 Å². The molecule has 64 heavy (non-hydrogen) atoms. The highest BCUT2D eigenvalue weighted by molar-refractivity contribution is 5.76. The first kappa shape index (κ1) is 62.3. The fourth-order valence-electron chi connectivity index (χ4n) is 8.81. The average Bonchev–Trinajstić information content (AvgIpc) is 3.29. The van der Waals surface area contributed by atoms with E-state index in [2.05, 4.69) is 31.3 Å². The summed E-state index contributed by atoms with van der Waals surface area (Å²) in [4.78, 5) is 24.4. The van der Waals surface area contributed by atoms with Crippen LogP contribution in [0.4, 0.5) is 0 Å². The molecule has 0 fully saturated rings. The van der Waals surface area contributed by atoms with Crippen LogP contribution in [0.5, 0.6) is 0 Å². The van der Waals surface area contributed by atoms with Crippen LogP contribution in [0.15, 0.2) is 24.3 Å². The van der Waals surface area contributed by atoms with E-state index in [1.807, 2.05) is 6.08 Å². The molecule has 0 heterocycles. The highest BCUT2D eigenvalue weighted by atomic mass is 16.5. The van der Waals surface area contributed by atoms with E-state index in [1.165, 1.54) is 238 Å². The van der Waals surface area contributed by atoms with Gasteiger partial charge in [0.25, 0.3) is 0 Å². The minimum Gasteiger partial charge on any atom is -0.466 e. The van der Waals surface area contributed by atoms with Gasteiger partial charge >= 0.3 is 5.97 Å². The zero-order valence-corrected chi connectivity index (χ0v) is 43.0. The molecule has 6 heteroatoms. The maximum Gasteiger partial charge on any atom is 0.305 e. The molecule has 0 radical (unpaired) electrons. The summed E-state index contributed by atoms with van der Waals surface area (Å²) in [6, 6.07) is -0.625. The molecule has 0 aliphatic carbocycles. The molecule has 0 rings (SSSR count). The number of aliphatic hydroxyl groups excluding tert-OH is 2.